The van der Waals surface area contributed by atoms with Gasteiger partial charge in [-0.05, 0) is 114 Å². The number of hydrogen-bond acceptors (Lipinski definition) is 2. The van der Waals surface area contributed by atoms with Gasteiger partial charge in [0, 0.05) is 6.92 Å². The Morgan fingerprint density at radius 2 is 1.19 bits per heavy atom. The lowest BCUT2D eigenvalue weighted by atomic mass is 9.54. The second-order valence-electron chi connectivity index (χ2n) is 12.0. The SMILES string of the molecule is CC(=O)OC1C(C)C2CC1C1C3CC(C21)C1C2CC(C4C5C=CC(C5)C24)C31. The van der Waals surface area contributed by atoms with Crippen LogP contribution in [0.2, 0.25) is 0 Å². The highest BCUT2D eigenvalue weighted by Crippen LogP contribution is 2.81. The van der Waals surface area contributed by atoms with Crippen LogP contribution < -0.4 is 0 Å². The zero-order valence-electron chi connectivity index (χ0n) is 16.5. The lowest BCUT2D eigenvalue weighted by molar-refractivity contribution is -0.157. The van der Waals surface area contributed by atoms with Crippen molar-refractivity contribution in [2.75, 3.05) is 0 Å². The molecule has 0 aliphatic heterocycles. The van der Waals surface area contributed by atoms with Crippen LogP contribution in [-0.4, -0.2) is 12.1 Å². The van der Waals surface area contributed by atoms with Crippen LogP contribution in [0.4, 0.5) is 0 Å². The molecule has 8 bridgehead atoms. The Hall–Kier alpha value is -0.790. The van der Waals surface area contributed by atoms with Crippen LogP contribution in [0.25, 0.3) is 0 Å². The highest BCUT2D eigenvalue weighted by molar-refractivity contribution is 5.66. The molecule has 0 heterocycles. The molecule has 2 heteroatoms. The van der Waals surface area contributed by atoms with Gasteiger partial charge in [-0.15, -0.1) is 0 Å². The Morgan fingerprint density at radius 1 is 0.704 bits per heavy atom. The van der Waals surface area contributed by atoms with Gasteiger partial charge in [0.2, 0.25) is 0 Å². The average molecular weight is 365 g/mol. The smallest absolute Gasteiger partial charge is 0.302 e. The predicted octanol–water partition coefficient (Wildman–Crippen LogP) is 4.41. The molecule has 0 saturated heterocycles. The van der Waals surface area contributed by atoms with Gasteiger partial charge in [-0.25, -0.2) is 0 Å². The van der Waals surface area contributed by atoms with E-state index in [1.807, 2.05) is 0 Å². The number of carbonyl (C=O) groups excluding carboxylic acids is 1. The van der Waals surface area contributed by atoms with Crippen LogP contribution >= 0.6 is 0 Å². The summed E-state index contributed by atoms with van der Waals surface area (Å²) in [5.41, 5.74) is 0. The van der Waals surface area contributed by atoms with E-state index in [2.05, 4.69) is 19.1 Å². The fourth-order valence-electron chi connectivity index (χ4n) is 12.1. The molecule has 0 amide bonds. The van der Waals surface area contributed by atoms with Gasteiger partial charge in [0.15, 0.2) is 0 Å². The van der Waals surface area contributed by atoms with E-state index in [1.165, 1.54) is 12.8 Å². The zero-order valence-corrected chi connectivity index (χ0v) is 16.5. The molecule has 0 spiro atoms. The molecule has 8 aliphatic rings. The minimum atomic E-state index is -0.0477. The molecule has 0 aromatic heterocycles. The van der Waals surface area contributed by atoms with Crippen molar-refractivity contribution >= 4 is 5.97 Å². The molecule has 8 aliphatic carbocycles. The summed E-state index contributed by atoms with van der Waals surface area (Å²) in [7, 11) is 0. The summed E-state index contributed by atoms with van der Waals surface area (Å²) in [5, 5.41) is 0. The van der Waals surface area contributed by atoms with Crippen molar-refractivity contribution in [1.29, 1.82) is 0 Å². The molecule has 27 heavy (non-hydrogen) atoms. The molecule has 0 radical (unpaired) electrons. The molecule has 7 saturated carbocycles. The van der Waals surface area contributed by atoms with E-state index in [-0.39, 0.29) is 12.1 Å². The Morgan fingerprint density at radius 3 is 1.78 bits per heavy atom. The van der Waals surface area contributed by atoms with E-state index in [0.29, 0.717) is 11.8 Å². The minimum absolute atomic E-state index is 0.0477. The van der Waals surface area contributed by atoms with Crippen molar-refractivity contribution in [3.8, 4) is 0 Å². The number of hydrogen-bond donors (Lipinski definition) is 0. The maximum absolute atomic E-state index is 11.7. The third-order valence-electron chi connectivity index (χ3n) is 12.0. The van der Waals surface area contributed by atoms with Crippen LogP contribution in [0, 0.1) is 88.8 Å². The maximum Gasteiger partial charge on any atom is 0.302 e. The van der Waals surface area contributed by atoms with E-state index in [4.69, 9.17) is 4.74 Å². The second-order valence-corrected chi connectivity index (χ2v) is 12.0. The molecule has 0 N–H and O–H groups in total. The van der Waals surface area contributed by atoms with E-state index >= 15 is 0 Å². The van der Waals surface area contributed by atoms with E-state index in [1.54, 1.807) is 19.8 Å². The highest BCUT2D eigenvalue weighted by atomic mass is 16.5. The maximum atomic E-state index is 11.7. The van der Waals surface area contributed by atoms with Gasteiger partial charge >= 0.3 is 5.97 Å². The summed E-state index contributed by atoms with van der Waals surface area (Å²) in [5.74, 6) is 14.4. The first-order valence-corrected chi connectivity index (χ1v) is 12.0. The number of rotatable bonds is 1. The Kier molecular flexibility index (Phi) is 2.53. The lowest BCUT2D eigenvalue weighted by Crippen LogP contribution is -2.49. The topological polar surface area (TPSA) is 26.3 Å². The van der Waals surface area contributed by atoms with Crippen molar-refractivity contribution in [2.24, 2.45) is 88.8 Å². The standard InChI is InChI=1S/C25H32O2/c1-9-13-6-18(25(9)27-10(2)26)24-17-8-16(21(13)24)22-14-7-15(23(17)22)20-12-4-3-11(5-12)19(14)20/h3-4,9,11-25H,5-8H2,1-2H3. The second kappa shape index (κ2) is 4.51. The predicted molar refractivity (Wildman–Crippen MR) is 101 cm³/mol. The lowest BCUT2D eigenvalue weighted by Gasteiger charge is -2.51. The number of fused-ring (bicyclic) bond motifs is 23. The van der Waals surface area contributed by atoms with Crippen molar-refractivity contribution in [3.05, 3.63) is 12.2 Å². The van der Waals surface area contributed by atoms with Gasteiger partial charge in [-0.3, -0.25) is 4.79 Å². The number of allylic oxidation sites excluding steroid dienone is 2. The van der Waals surface area contributed by atoms with E-state index in [9.17, 15) is 4.79 Å². The van der Waals surface area contributed by atoms with Crippen LogP contribution in [-0.2, 0) is 9.53 Å². The van der Waals surface area contributed by atoms with Crippen molar-refractivity contribution in [2.45, 2.75) is 45.6 Å². The Labute approximate surface area is 162 Å². The molecular weight excluding hydrogens is 332 g/mol. The van der Waals surface area contributed by atoms with Crippen LogP contribution in [0.5, 0.6) is 0 Å². The molecule has 16 atom stereocenters. The van der Waals surface area contributed by atoms with Gasteiger partial charge in [0.05, 0.1) is 0 Å². The van der Waals surface area contributed by atoms with Gasteiger partial charge in [0.25, 0.3) is 0 Å². The first-order valence-electron chi connectivity index (χ1n) is 12.0. The normalized spacial score (nSPS) is 70.0. The van der Waals surface area contributed by atoms with Gasteiger partial charge in [0.1, 0.15) is 6.10 Å². The summed E-state index contributed by atoms with van der Waals surface area (Å²) in [4.78, 5) is 11.7. The van der Waals surface area contributed by atoms with E-state index < -0.39 is 0 Å². The van der Waals surface area contributed by atoms with Gasteiger partial charge in [-0.1, -0.05) is 19.1 Å². The molecule has 8 rings (SSSR count). The average Bonchev–Trinajstić information content (AvgIpc) is 3.43. The van der Waals surface area contributed by atoms with E-state index in [0.717, 1.165) is 76.9 Å². The van der Waals surface area contributed by atoms with Crippen molar-refractivity contribution < 1.29 is 9.53 Å². The van der Waals surface area contributed by atoms with Crippen molar-refractivity contribution in [3.63, 3.8) is 0 Å². The van der Waals surface area contributed by atoms with Gasteiger partial charge in [-0.2, -0.15) is 0 Å². The Balaban J connectivity index is 1.17. The fourth-order valence-corrected chi connectivity index (χ4v) is 12.1. The molecule has 16 unspecified atom stereocenters. The van der Waals surface area contributed by atoms with Gasteiger partial charge < -0.3 is 4.74 Å². The number of carbonyl (C=O) groups is 1. The molecule has 0 aromatic rings. The summed E-state index contributed by atoms with van der Waals surface area (Å²) in [6.07, 6.45) is 11.5. The monoisotopic (exact) mass is 364 g/mol. The number of esters is 1. The zero-order chi connectivity index (χ0) is 17.8. The highest BCUT2D eigenvalue weighted by Gasteiger charge is 2.76. The first kappa shape index (κ1) is 15.1. The largest absolute Gasteiger partial charge is 0.462 e. The minimum Gasteiger partial charge on any atom is -0.462 e. The van der Waals surface area contributed by atoms with Crippen LogP contribution in [0.3, 0.4) is 0 Å². The van der Waals surface area contributed by atoms with Crippen molar-refractivity contribution in [1.82, 2.24) is 0 Å². The molecular formula is C25H32O2. The quantitative estimate of drug-likeness (QED) is 0.391. The summed E-state index contributed by atoms with van der Waals surface area (Å²) in [6.45, 7) is 4.02. The summed E-state index contributed by atoms with van der Waals surface area (Å²) in [6, 6.07) is 0. The first-order chi connectivity index (χ1) is 13.1. The third-order valence-corrected chi connectivity index (χ3v) is 12.0. The summed E-state index contributed by atoms with van der Waals surface area (Å²) < 4.78 is 5.91. The Bertz CT molecular complexity index is 770. The van der Waals surface area contributed by atoms with Crippen LogP contribution in [0.1, 0.15) is 39.5 Å². The fraction of sp³-hybridized carbons (Fsp3) is 0.880. The summed E-state index contributed by atoms with van der Waals surface area (Å²) >= 11 is 0. The molecule has 7 fully saturated rings. The molecule has 2 nitrogen and oxygen atoms in total. The molecule has 144 valence electrons. The number of ether oxygens (including phenoxy) is 1. The van der Waals surface area contributed by atoms with Crippen LogP contribution in [0.15, 0.2) is 12.2 Å². The third kappa shape index (κ3) is 1.47. The molecule has 0 aromatic carbocycles.